The number of hydrogen-bond donors (Lipinski definition) is 0. The first-order valence-corrected chi connectivity index (χ1v) is 11.9. The third-order valence-corrected chi connectivity index (χ3v) is 7.13. The molecule has 0 spiro atoms. The van der Waals surface area contributed by atoms with E-state index in [2.05, 4.69) is 95.3 Å². The van der Waals surface area contributed by atoms with Gasteiger partial charge >= 0.3 is 0 Å². The molecule has 0 N–H and O–H groups in total. The summed E-state index contributed by atoms with van der Waals surface area (Å²) in [6, 6.07) is 23.0. The first-order chi connectivity index (χ1) is 15.5. The van der Waals surface area contributed by atoms with Crippen molar-refractivity contribution in [3.63, 3.8) is 0 Å². The molecule has 0 aromatic heterocycles. The quantitative estimate of drug-likeness (QED) is 0.513. The normalized spacial score (nSPS) is 18.1. The minimum atomic E-state index is -0.882. The molecule has 0 unspecified atom stereocenters. The highest BCUT2D eigenvalue weighted by Crippen LogP contribution is 2.51. The molecule has 2 aliphatic rings. The molecule has 3 aromatic rings. The molecule has 5 rings (SSSR count). The Bertz CT molecular complexity index is 1090. The number of halogens is 1. The van der Waals surface area contributed by atoms with Crippen LogP contribution >= 0.6 is 15.9 Å². The van der Waals surface area contributed by atoms with Gasteiger partial charge in [-0.15, -0.1) is 0 Å². The van der Waals surface area contributed by atoms with E-state index in [4.69, 9.17) is 4.74 Å². The lowest BCUT2D eigenvalue weighted by molar-refractivity contribution is -0.121. The van der Waals surface area contributed by atoms with Crippen LogP contribution in [0.3, 0.4) is 0 Å². The Morgan fingerprint density at radius 3 is 2.00 bits per heavy atom. The molecule has 2 aliphatic heterocycles. The van der Waals surface area contributed by atoms with E-state index >= 15 is 0 Å². The zero-order valence-corrected chi connectivity index (χ0v) is 20.1. The smallest absolute Gasteiger partial charge is 0.247 e. The van der Waals surface area contributed by atoms with E-state index in [1.807, 2.05) is 11.0 Å². The number of benzene rings is 3. The fourth-order valence-corrected chi connectivity index (χ4v) is 5.25. The van der Waals surface area contributed by atoms with Gasteiger partial charge in [-0.3, -0.25) is 14.6 Å². The molecule has 0 atom stereocenters. The Kier molecular flexibility index (Phi) is 5.66. The van der Waals surface area contributed by atoms with Gasteiger partial charge in [0, 0.05) is 23.1 Å². The molecule has 3 aromatic carbocycles. The summed E-state index contributed by atoms with van der Waals surface area (Å²) in [4.78, 5) is 18.8. The van der Waals surface area contributed by atoms with Crippen molar-refractivity contribution < 1.29 is 9.53 Å². The van der Waals surface area contributed by atoms with E-state index in [0.29, 0.717) is 19.9 Å². The molecule has 32 heavy (non-hydrogen) atoms. The maximum absolute atomic E-state index is 14.5. The van der Waals surface area contributed by atoms with E-state index in [0.717, 1.165) is 39.9 Å². The van der Waals surface area contributed by atoms with Crippen LogP contribution < -0.4 is 4.90 Å². The molecular weight excluding hydrogens is 464 g/mol. The van der Waals surface area contributed by atoms with Crippen molar-refractivity contribution >= 4 is 27.5 Å². The van der Waals surface area contributed by atoms with Gasteiger partial charge in [-0.2, -0.15) is 0 Å². The number of rotatable bonds is 4. The molecule has 0 bridgehead atoms. The Morgan fingerprint density at radius 1 is 0.875 bits per heavy atom. The number of anilines is 1. The lowest BCUT2D eigenvalue weighted by atomic mass is 9.70. The summed E-state index contributed by atoms with van der Waals surface area (Å²) in [5.74, 6) is 0.102. The molecule has 4 nitrogen and oxygen atoms in total. The number of carbonyl (C=O) groups is 1. The second-order valence-electron chi connectivity index (χ2n) is 8.75. The molecule has 2 heterocycles. The summed E-state index contributed by atoms with van der Waals surface area (Å²) in [5.41, 5.74) is 5.48. The lowest BCUT2D eigenvalue weighted by Crippen LogP contribution is -2.49. The number of aryl methyl sites for hydroxylation is 2. The lowest BCUT2D eigenvalue weighted by Gasteiger charge is -2.33. The average Bonchev–Trinajstić information content (AvgIpc) is 3.04. The molecule has 5 heteroatoms. The van der Waals surface area contributed by atoms with Crippen LogP contribution in [0, 0.1) is 13.8 Å². The molecule has 0 aliphatic carbocycles. The zero-order valence-electron chi connectivity index (χ0n) is 18.5. The largest absolute Gasteiger partial charge is 0.379 e. The minimum absolute atomic E-state index is 0.102. The highest BCUT2D eigenvalue weighted by Gasteiger charge is 2.53. The van der Waals surface area contributed by atoms with Crippen molar-refractivity contribution in [2.24, 2.45) is 0 Å². The maximum Gasteiger partial charge on any atom is 0.247 e. The Balaban J connectivity index is 1.73. The predicted octanol–water partition coefficient (Wildman–Crippen LogP) is 5.04. The number of hydrogen-bond acceptors (Lipinski definition) is 3. The van der Waals surface area contributed by atoms with E-state index in [-0.39, 0.29) is 5.91 Å². The van der Waals surface area contributed by atoms with Gasteiger partial charge < -0.3 is 4.74 Å². The summed E-state index contributed by atoms with van der Waals surface area (Å²) in [6.07, 6.45) is 0. The average molecular weight is 491 g/mol. The van der Waals surface area contributed by atoms with Crippen LogP contribution in [0.1, 0.15) is 27.8 Å². The van der Waals surface area contributed by atoms with Gasteiger partial charge in [-0.25, -0.2) is 0 Å². The van der Waals surface area contributed by atoms with Crippen LogP contribution in [0.15, 0.2) is 71.2 Å². The molecule has 0 saturated carbocycles. The molecule has 0 radical (unpaired) electrons. The SMILES string of the molecule is Cc1ccc(C2(c3ccc(C)cc3)C(=O)N(CN3CCOCC3)c3ccc(Br)cc32)cc1. The van der Waals surface area contributed by atoms with Gasteiger partial charge in [0.25, 0.3) is 0 Å². The first kappa shape index (κ1) is 21.4. The minimum Gasteiger partial charge on any atom is -0.379 e. The second-order valence-corrected chi connectivity index (χ2v) is 9.66. The molecule has 1 saturated heterocycles. The number of fused-ring (bicyclic) bond motifs is 1. The van der Waals surface area contributed by atoms with E-state index < -0.39 is 5.41 Å². The van der Waals surface area contributed by atoms with Crippen molar-refractivity contribution in [2.45, 2.75) is 19.3 Å². The van der Waals surface area contributed by atoms with Crippen molar-refractivity contribution in [3.05, 3.63) is 99.0 Å². The standard InChI is InChI=1S/C27H27BrN2O2/c1-19-3-7-21(8-4-19)27(22-9-5-20(2)6-10-22)24-17-23(28)11-12-25(24)30(26(27)31)18-29-13-15-32-16-14-29/h3-12,17H,13-16,18H2,1-2H3. The monoisotopic (exact) mass is 490 g/mol. The van der Waals surface area contributed by atoms with Gasteiger partial charge in [0.2, 0.25) is 5.91 Å². The highest BCUT2D eigenvalue weighted by atomic mass is 79.9. The van der Waals surface area contributed by atoms with Crippen LogP contribution in [0.2, 0.25) is 0 Å². The van der Waals surface area contributed by atoms with Crippen molar-refractivity contribution in [1.82, 2.24) is 4.90 Å². The van der Waals surface area contributed by atoms with Crippen LogP contribution in [0.25, 0.3) is 0 Å². The predicted molar refractivity (Wildman–Crippen MR) is 131 cm³/mol. The van der Waals surface area contributed by atoms with Crippen LogP contribution in [0.5, 0.6) is 0 Å². The highest BCUT2D eigenvalue weighted by molar-refractivity contribution is 9.10. The van der Waals surface area contributed by atoms with Gasteiger partial charge in [0.15, 0.2) is 0 Å². The Labute approximate surface area is 197 Å². The summed E-state index contributed by atoms with van der Waals surface area (Å²) in [6.45, 7) is 7.79. The van der Waals surface area contributed by atoms with E-state index in [1.54, 1.807) is 0 Å². The van der Waals surface area contributed by atoms with Gasteiger partial charge in [0.1, 0.15) is 5.41 Å². The number of carbonyl (C=O) groups excluding carboxylic acids is 1. The number of morpholine rings is 1. The first-order valence-electron chi connectivity index (χ1n) is 11.1. The van der Waals surface area contributed by atoms with Crippen LogP contribution in [0.4, 0.5) is 5.69 Å². The third kappa shape index (κ3) is 3.49. The summed E-state index contributed by atoms with van der Waals surface area (Å²) < 4.78 is 6.50. The van der Waals surface area contributed by atoms with Crippen LogP contribution in [-0.4, -0.2) is 43.8 Å². The fraction of sp³-hybridized carbons (Fsp3) is 0.296. The maximum atomic E-state index is 14.5. The number of nitrogens with zero attached hydrogens (tertiary/aromatic N) is 2. The second kappa shape index (κ2) is 8.47. The molecule has 1 amide bonds. The van der Waals surface area contributed by atoms with Crippen molar-refractivity contribution in [1.29, 1.82) is 0 Å². The van der Waals surface area contributed by atoms with Gasteiger partial charge in [-0.1, -0.05) is 75.6 Å². The molecule has 164 valence electrons. The Hall–Kier alpha value is -2.47. The van der Waals surface area contributed by atoms with E-state index in [9.17, 15) is 4.79 Å². The number of ether oxygens (including phenoxy) is 1. The summed E-state index contributed by atoms with van der Waals surface area (Å²) in [5, 5.41) is 0. The summed E-state index contributed by atoms with van der Waals surface area (Å²) in [7, 11) is 0. The van der Waals surface area contributed by atoms with Crippen LogP contribution in [-0.2, 0) is 14.9 Å². The molecule has 1 fully saturated rings. The zero-order chi connectivity index (χ0) is 22.3. The number of amides is 1. The van der Waals surface area contributed by atoms with E-state index in [1.165, 1.54) is 11.1 Å². The third-order valence-electron chi connectivity index (χ3n) is 6.63. The van der Waals surface area contributed by atoms with Gasteiger partial charge in [0.05, 0.1) is 25.6 Å². The fourth-order valence-electron chi connectivity index (χ4n) is 4.89. The summed E-state index contributed by atoms with van der Waals surface area (Å²) >= 11 is 3.67. The topological polar surface area (TPSA) is 32.8 Å². The van der Waals surface area contributed by atoms with Crippen molar-refractivity contribution in [3.8, 4) is 0 Å². The Morgan fingerprint density at radius 2 is 1.44 bits per heavy atom. The van der Waals surface area contributed by atoms with Gasteiger partial charge in [-0.05, 0) is 43.2 Å². The van der Waals surface area contributed by atoms with Crippen molar-refractivity contribution in [2.75, 3.05) is 37.9 Å². The molecular formula is C27H27BrN2O2.